The van der Waals surface area contributed by atoms with Crippen LogP contribution in [0, 0.1) is 0 Å². The van der Waals surface area contributed by atoms with E-state index in [0.29, 0.717) is 6.54 Å². The predicted molar refractivity (Wildman–Crippen MR) is 64.1 cm³/mol. The SMILES string of the molecule is CC(OCCNc1cccc(Br)c1)C(F)(F)F. The molecule has 0 saturated heterocycles. The molecule has 6 heteroatoms. The van der Waals surface area contributed by atoms with Crippen molar-refractivity contribution in [2.45, 2.75) is 19.2 Å². The van der Waals surface area contributed by atoms with E-state index in [1.807, 2.05) is 24.3 Å². The Balaban J connectivity index is 2.25. The second kappa shape index (κ2) is 6.26. The Labute approximate surface area is 106 Å². The highest BCUT2D eigenvalue weighted by molar-refractivity contribution is 9.10. The number of anilines is 1. The molecule has 1 atom stereocenters. The van der Waals surface area contributed by atoms with Crippen molar-refractivity contribution in [1.82, 2.24) is 0 Å². The highest BCUT2D eigenvalue weighted by atomic mass is 79.9. The van der Waals surface area contributed by atoms with E-state index >= 15 is 0 Å². The van der Waals surface area contributed by atoms with E-state index in [4.69, 9.17) is 0 Å². The Morgan fingerprint density at radius 3 is 2.71 bits per heavy atom. The number of alkyl halides is 3. The Hall–Kier alpha value is -0.750. The number of nitrogens with one attached hydrogen (secondary N) is 1. The van der Waals surface area contributed by atoms with E-state index in [1.54, 1.807) is 0 Å². The molecule has 96 valence electrons. The Morgan fingerprint density at radius 1 is 1.41 bits per heavy atom. The van der Waals surface area contributed by atoms with Crippen LogP contribution in [0.1, 0.15) is 6.92 Å². The Bertz CT molecular complexity index is 357. The lowest BCUT2D eigenvalue weighted by Crippen LogP contribution is -2.30. The molecule has 17 heavy (non-hydrogen) atoms. The molecule has 1 N–H and O–H groups in total. The average molecular weight is 312 g/mol. The van der Waals surface area contributed by atoms with E-state index in [2.05, 4.69) is 26.0 Å². The molecule has 0 aromatic heterocycles. The minimum absolute atomic E-state index is 0.00713. The van der Waals surface area contributed by atoms with Crippen LogP contribution in [0.25, 0.3) is 0 Å². The van der Waals surface area contributed by atoms with Gasteiger partial charge in [0.1, 0.15) is 0 Å². The van der Waals surface area contributed by atoms with Crippen LogP contribution in [-0.2, 0) is 4.74 Å². The summed E-state index contributed by atoms with van der Waals surface area (Å²) in [7, 11) is 0. The first-order valence-corrected chi connectivity index (χ1v) is 5.86. The maximum absolute atomic E-state index is 12.1. The third-order valence-corrected chi connectivity index (χ3v) is 2.58. The van der Waals surface area contributed by atoms with Gasteiger partial charge in [0.05, 0.1) is 6.61 Å². The van der Waals surface area contributed by atoms with Crippen LogP contribution in [0.4, 0.5) is 18.9 Å². The second-order valence-corrected chi connectivity index (χ2v) is 4.41. The van der Waals surface area contributed by atoms with Crippen molar-refractivity contribution in [3.8, 4) is 0 Å². The first-order chi connectivity index (χ1) is 7.89. The van der Waals surface area contributed by atoms with Gasteiger partial charge < -0.3 is 10.1 Å². The fourth-order valence-corrected chi connectivity index (χ4v) is 1.52. The number of ether oxygens (including phenoxy) is 1. The zero-order valence-electron chi connectivity index (χ0n) is 9.22. The van der Waals surface area contributed by atoms with E-state index in [-0.39, 0.29) is 6.61 Å². The third-order valence-electron chi connectivity index (χ3n) is 2.08. The lowest BCUT2D eigenvalue weighted by atomic mass is 10.3. The molecule has 0 bridgehead atoms. The largest absolute Gasteiger partial charge is 0.414 e. The monoisotopic (exact) mass is 311 g/mol. The minimum Gasteiger partial charge on any atom is -0.383 e. The van der Waals surface area contributed by atoms with Gasteiger partial charge >= 0.3 is 6.18 Å². The predicted octanol–water partition coefficient (Wildman–Crippen LogP) is 3.83. The summed E-state index contributed by atoms with van der Waals surface area (Å²) in [6, 6.07) is 7.38. The molecule has 1 aromatic carbocycles. The summed E-state index contributed by atoms with van der Waals surface area (Å²) in [5, 5.41) is 2.97. The first-order valence-electron chi connectivity index (χ1n) is 5.07. The Morgan fingerprint density at radius 2 is 2.12 bits per heavy atom. The summed E-state index contributed by atoms with van der Waals surface area (Å²) in [4.78, 5) is 0. The van der Waals surface area contributed by atoms with Gasteiger partial charge in [-0.3, -0.25) is 0 Å². The number of rotatable bonds is 5. The molecule has 0 radical (unpaired) electrons. The molecule has 0 aliphatic carbocycles. The maximum atomic E-state index is 12.1. The van der Waals surface area contributed by atoms with Gasteiger partial charge in [-0.25, -0.2) is 0 Å². The van der Waals surface area contributed by atoms with Crippen molar-refractivity contribution < 1.29 is 17.9 Å². The van der Waals surface area contributed by atoms with Crippen molar-refractivity contribution in [1.29, 1.82) is 0 Å². The highest BCUT2D eigenvalue weighted by Crippen LogP contribution is 2.22. The summed E-state index contributed by atoms with van der Waals surface area (Å²) in [6.45, 7) is 1.34. The molecular formula is C11H13BrF3NO. The summed E-state index contributed by atoms with van der Waals surface area (Å²) in [5.74, 6) is 0. The standard InChI is InChI=1S/C11H13BrF3NO/c1-8(11(13,14)15)17-6-5-16-10-4-2-3-9(12)7-10/h2-4,7-8,16H,5-6H2,1H3. The normalized spacial score (nSPS) is 13.5. The maximum Gasteiger partial charge on any atom is 0.414 e. The molecule has 0 aliphatic rings. The van der Waals surface area contributed by atoms with Crippen LogP contribution >= 0.6 is 15.9 Å². The summed E-state index contributed by atoms with van der Waals surface area (Å²) in [6.07, 6.45) is -6.03. The quantitative estimate of drug-likeness (QED) is 0.834. The zero-order valence-corrected chi connectivity index (χ0v) is 10.8. The molecule has 0 fully saturated rings. The van der Waals surface area contributed by atoms with Crippen LogP contribution in [0.2, 0.25) is 0 Å². The lowest BCUT2D eigenvalue weighted by molar-refractivity contribution is -0.213. The van der Waals surface area contributed by atoms with Crippen LogP contribution < -0.4 is 5.32 Å². The fourth-order valence-electron chi connectivity index (χ4n) is 1.12. The topological polar surface area (TPSA) is 21.3 Å². The molecule has 0 amide bonds. The van der Waals surface area contributed by atoms with Gasteiger partial charge in [0, 0.05) is 16.7 Å². The van der Waals surface area contributed by atoms with Gasteiger partial charge in [0.25, 0.3) is 0 Å². The van der Waals surface area contributed by atoms with Gasteiger partial charge in [0.2, 0.25) is 0 Å². The zero-order chi connectivity index (χ0) is 12.9. The molecule has 1 unspecified atom stereocenters. The van der Waals surface area contributed by atoms with E-state index in [1.165, 1.54) is 0 Å². The summed E-state index contributed by atoms with van der Waals surface area (Å²) in [5.41, 5.74) is 0.836. The Kier molecular flexibility index (Phi) is 5.27. The number of benzene rings is 1. The van der Waals surface area contributed by atoms with Gasteiger partial charge in [-0.1, -0.05) is 22.0 Å². The fraction of sp³-hybridized carbons (Fsp3) is 0.455. The highest BCUT2D eigenvalue weighted by Gasteiger charge is 2.36. The first kappa shape index (κ1) is 14.3. The summed E-state index contributed by atoms with van der Waals surface area (Å²) >= 11 is 3.30. The van der Waals surface area contributed by atoms with Crippen molar-refractivity contribution in [2.24, 2.45) is 0 Å². The number of hydrogen-bond acceptors (Lipinski definition) is 2. The molecule has 0 heterocycles. The van der Waals surface area contributed by atoms with E-state index in [0.717, 1.165) is 17.1 Å². The van der Waals surface area contributed by atoms with Gasteiger partial charge in [-0.2, -0.15) is 13.2 Å². The minimum atomic E-state index is -4.30. The van der Waals surface area contributed by atoms with E-state index < -0.39 is 12.3 Å². The van der Waals surface area contributed by atoms with Crippen LogP contribution in [0.15, 0.2) is 28.7 Å². The van der Waals surface area contributed by atoms with E-state index in [9.17, 15) is 13.2 Å². The van der Waals surface area contributed by atoms with Crippen molar-refractivity contribution in [3.63, 3.8) is 0 Å². The van der Waals surface area contributed by atoms with Crippen molar-refractivity contribution >= 4 is 21.6 Å². The molecule has 0 saturated carbocycles. The average Bonchev–Trinajstić information content (AvgIpc) is 2.23. The lowest BCUT2D eigenvalue weighted by Gasteiger charge is -2.16. The van der Waals surface area contributed by atoms with Gasteiger partial charge in [0.15, 0.2) is 6.10 Å². The van der Waals surface area contributed by atoms with Gasteiger partial charge in [-0.15, -0.1) is 0 Å². The van der Waals surface area contributed by atoms with Crippen molar-refractivity contribution in [3.05, 3.63) is 28.7 Å². The van der Waals surface area contributed by atoms with Crippen LogP contribution in [0.5, 0.6) is 0 Å². The molecule has 1 rings (SSSR count). The van der Waals surface area contributed by atoms with Gasteiger partial charge in [-0.05, 0) is 25.1 Å². The number of halogens is 4. The molecule has 0 aliphatic heterocycles. The van der Waals surface area contributed by atoms with Crippen molar-refractivity contribution in [2.75, 3.05) is 18.5 Å². The smallest absolute Gasteiger partial charge is 0.383 e. The second-order valence-electron chi connectivity index (χ2n) is 3.49. The molecule has 1 aromatic rings. The number of hydrogen-bond donors (Lipinski definition) is 1. The molecular weight excluding hydrogens is 299 g/mol. The molecule has 0 spiro atoms. The van der Waals surface area contributed by atoms with Crippen LogP contribution in [0.3, 0.4) is 0 Å². The summed E-state index contributed by atoms with van der Waals surface area (Å²) < 4.78 is 41.9. The third kappa shape index (κ3) is 5.41. The molecule has 2 nitrogen and oxygen atoms in total. The van der Waals surface area contributed by atoms with Crippen LogP contribution in [-0.4, -0.2) is 25.4 Å².